The molecular formula is C12H14N2O5S2. The van der Waals surface area contributed by atoms with Crippen LogP contribution in [0.3, 0.4) is 0 Å². The number of esters is 2. The number of primary amides is 1. The molecule has 0 aromatic carbocycles. The summed E-state index contributed by atoms with van der Waals surface area (Å²) in [6.45, 7) is 3.61. The quantitative estimate of drug-likeness (QED) is 0.441. The zero-order valence-corrected chi connectivity index (χ0v) is 13.1. The Bertz CT molecular complexity index is 498. The molecule has 0 aromatic heterocycles. The van der Waals surface area contributed by atoms with E-state index in [1.807, 2.05) is 0 Å². The van der Waals surface area contributed by atoms with Gasteiger partial charge in [0.15, 0.2) is 0 Å². The van der Waals surface area contributed by atoms with Crippen LogP contribution in [0.15, 0.2) is 9.81 Å². The lowest BCUT2D eigenvalue weighted by Crippen LogP contribution is -2.34. The van der Waals surface area contributed by atoms with E-state index in [4.69, 9.17) is 20.5 Å². The fourth-order valence-corrected chi connectivity index (χ4v) is 4.46. The third kappa shape index (κ3) is 4.15. The molecule has 0 aliphatic carbocycles. The topological polar surface area (TPSA) is 119 Å². The van der Waals surface area contributed by atoms with Gasteiger partial charge in [0, 0.05) is 0 Å². The maximum atomic E-state index is 11.9. The highest BCUT2D eigenvalue weighted by molar-refractivity contribution is 8.26. The average molecular weight is 330 g/mol. The third-order valence-corrected chi connectivity index (χ3v) is 5.37. The minimum absolute atomic E-state index is 0.163. The highest BCUT2D eigenvalue weighted by atomic mass is 32.2. The second kappa shape index (κ2) is 7.95. The van der Waals surface area contributed by atoms with Crippen LogP contribution in [0.25, 0.3) is 0 Å². The van der Waals surface area contributed by atoms with Crippen LogP contribution in [-0.2, 0) is 23.9 Å². The molecule has 2 N–H and O–H groups in total. The SMILES string of the molecule is CCOC(=O)[C@@H]1SC(=C(C#N)C(N)=O)S[C@H]1C(=O)OCC. The van der Waals surface area contributed by atoms with Crippen LogP contribution >= 0.6 is 23.5 Å². The Labute approximate surface area is 130 Å². The van der Waals surface area contributed by atoms with Gasteiger partial charge >= 0.3 is 11.9 Å². The van der Waals surface area contributed by atoms with Gasteiger partial charge in [-0.1, -0.05) is 0 Å². The summed E-state index contributed by atoms with van der Waals surface area (Å²) in [6, 6.07) is 1.69. The van der Waals surface area contributed by atoms with Crippen molar-refractivity contribution in [1.29, 1.82) is 5.26 Å². The lowest BCUT2D eigenvalue weighted by Gasteiger charge is -2.14. The Kier molecular flexibility index (Phi) is 6.58. The fraction of sp³-hybridized carbons (Fsp3) is 0.500. The number of nitriles is 1. The molecule has 0 spiro atoms. The minimum Gasteiger partial charge on any atom is -0.465 e. The molecule has 7 nitrogen and oxygen atoms in total. The summed E-state index contributed by atoms with van der Waals surface area (Å²) in [5.41, 5.74) is 4.84. The van der Waals surface area contributed by atoms with E-state index in [2.05, 4.69) is 0 Å². The highest BCUT2D eigenvalue weighted by Crippen LogP contribution is 2.49. The lowest BCUT2D eigenvalue weighted by atomic mass is 10.3. The number of hydrogen-bond acceptors (Lipinski definition) is 8. The number of ether oxygens (including phenoxy) is 2. The number of hydrogen-bond donors (Lipinski definition) is 1. The molecule has 9 heteroatoms. The number of carbonyl (C=O) groups is 3. The van der Waals surface area contributed by atoms with Crippen molar-refractivity contribution >= 4 is 41.4 Å². The first-order valence-corrected chi connectivity index (χ1v) is 7.82. The van der Waals surface area contributed by atoms with Crippen molar-refractivity contribution in [3.63, 3.8) is 0 Å². The summed E-state index contributed by atoms with van der Waals surface area (Å²) < 4.78 is 10.0. The van der Waals surface area contributed by atoms with E-state index >= 15 is 0 Å². The number of rotatable bonds is 5. The van der Waals surface area contributed by atoms with Crippen LogP contribution < -0.4 is 5.73 Å². The molecule has 2 atom stereocenters. The monoisotopic (exact) mass is 330 g/mol. The van der Waals surface area contributed by atoms with E-state index in [0.29, 0.717) is 0 Å². The third-order valence-electron chi connectivity index (χ3n) is 2.34. The van der Waals surface area contributed by atoms with Crippen LogP contribution in [0.1, 0.15) is 13.8 Å². The zero-order valence-electron chi connectivity index (χ0n) is 11.5. The summed E-state index contributed by atoms with van der Waals surface area (Å²) in [4.78, 5) is 35.0. The molecule has 21 heavy (non-hydrogen) atoms. The summed E-state index contributed by atoms with van der Waals surface area (Å²) in [7, 11) is 0. The van der Waals surface area contributed by atoms with Crippen LogP contribution in [0, 0.1) is 11.3 Å². The van der Waals surface area contributed by atoms with E-state index in [1.165, 1.54) is 0 Å². The maximum Gasteiger partial charge on any atom is 0.321 e. The van der Waals surface area contributed by atoms with Gasteiger partial charge in [-0.15, -0.1) is 23.5 Å². The summed E-state index contributed by atoms with van der Waals surface area (Å²) >= 11 is 1.85. The Balaban J connectivity index is 3.10. The van der Waals surface area contributed by atoms with Gasteiger partial charge in [-0.25, -0.2) is 0 Å². The van der Waals surface area contributed by atoms with Gasteiger partial charge in [-0.05, 0) is 13.8 Å². The van der Waals surface area contributed by atoms with Gasteiger partial charge in [0.05, 0.1) is 17.5 Å². The first-order chi connectivity index (χ1) is 9.96. The average Bonchev–Trinajstić information content (AvgIpc) is 2.84. The van der Waals surface area contributed by atoms with E-state index in [9.17, 15) is 14.4 Å². The Morgan fingerprint density at radius 1 is 1.14 bits per heavy atom. The van der Waals surface area contributed by atoms with E-state index < -0.39 is 28.3 Å². The van der Waals surface area contributed by atoms with E-state index in [1.54, 1.807) is 19.9 Å². The second-order valence-corrected chi connectivity index (χ2v) is 6.28. The molecule has 114 valence electrons. The van der Waals surface area contributed by atoms with Crippen molar-refractivity contribution < 1.29 is 23.9 Å². The van der Waals surface area contributed by atoms with Crippen molar-refractivity contribution in [2.45, 2.75) is 24.3 Å². The molecular weight excluding hydrogens is 316 g/mol. The van der Waals surface area contributed by atoms with Gasteiger partial charge < -0.3 is 15.2 Å². The largest absolute Gasteiger partial charge is 0.465 e. The molecule has 0 radical (unpaired) electrons. The van der Waals surface area contributed by atoms with Crippen molar-refractivity contribution in [1.82, 2.24) is 0 Å². The number of thioether (sulfide) groups is 2. The predicted molar refractivity (Wildman–Crippen MR) is 77.9 cm³/mol. The smallest absolute Gasteiger partial charge is 0.321 e. The predicted octanol–water partition coefficient (Wildman–Crippen LogP) is 0.550. The van der Waals surface area contributed by atoms with Gasteiger partial charge in [-0.2, -0.15) is 5.26 Å². The van der Waals surface area contributed by atoms with Crippen molar-refractivity contribution in [3.05, 3.63) is 9.81 Å². The van der Waals surface area contributed by atoms with Crippen LogP contribution in [-0.4, -0.2) is 41.6 Å². The number of nitrogens with zero attached hydrogens (tertiary/aromatic N) is 1. The van der Waals surface area contributed by atoms with Gasteiger partial charge in [0.1, 0.15) is 22.1 Å². The Morgan fingerprint density at radius 2 is 1.57 bits per heavy atom. The molecule has 1 heterocycles. The van der Waals surface area contributed by atoms with E-state index in [0.717, 1.165) is 23.5 Å². The van der Waals surface area contributed by atoms with Crippen LogP contribution in [0.4, 0.5) is 0 Å². The minimum atomic E-state index is -0.903. The number of amides is 1. The lowest BCUT2D eigenvalue weighted by molar-refractivity contribution is -0.148. The summed E-state index contributed by atoms with van der Waals surface area (Å²) in [6.07, 6.45) is 0. The first kappa shape index (κ1) is 17.4. The molecule has 1 aliphatic heterocycles. The van der Waals surface area contributed by atoms with Crippen molar-refractivity contribution in [2.24, 2.45) is 5.73 Å². The van der Waals surface area contributed by atoms with Gasteiger partial charge in [0.2, 0.25) is 0 Å². The summed E-state index contributed by atoms with van der Waals surface area (Å²) in [5.74, 6) is -2.09. The summed E-state index contributed by atoms with van der Waals surface area (Å²) in [5, 5.41) is 7.21. The van der Waals surface area contributed by atoms with Gasteiger partial charge in [-0.3, -0.25) is 14.4 Å². The molecule has 1 fully saturated rings. The molecule has 1 amide bonds. The number of nitrogens with two attached hydrogens (primary N) is 1. The first-order valence-electron chi connectivity index (χ1n) is 6.06. The highest BCUT2D eigenvalue weighted by Gasteiger charge is 2.45. The molecule has 1 rings (SSSR count). The van der Waals surface area contributed by atoms with Crippen molar-refractivity contribution in [2.75, 3.05) is 13.2 Å². The molecule has 0 saturated carbocycles. The second-order valence-electron chi connectivity index (χ2n) is 3.72. The van der Waals surface area contributed by atoms with Crippen molar-refractivity contribution in [3.8, 4) is 6.07 Å². The normalized spacial score (nSPS) is 20.5. The van der Waals surface area contributed by atoms with Gasteiger partial charge in [0.25, 0.3) is 5.91 Å². The Hall–Kier alpha value is -1.66. The standard InChI is InChI=1S/C12H14N2O5S2/c1-3-18-10(16)7-8(11(17)19-4-2)21-12(20-7)6(5-13)9(14)15/h7-8H,3-4H2,1-2H3,(H2,14,15)/t7-,8-/m1/s1. The maximum absolute atomic E-state index is 11.9. The number of carbonyl (C=O) groups excluding carboxylic acids is 3. The molecule has 1 aliphatic rings. The molecule has 0 bridgehead atoms. The Morgan fingerprint density at radius 3 is 1.86 bits per heavy atom. The molecule has 0 aromatic rings. The van der Waals surface area contributed by atoms with E-state index in [-0.39, 0.29) is 23.0 Å². The zero-order chi connectivity index (χ0) is 16.0. The fourth-order valence-electron chi connectivity index (χ4n) is 1.49. The van der Waals surface area contributed by atoms with Crippen LogP contribution in [0.2, 0.25) is 0 Å². The molecule has 0 unspecified atom stereocenters. The van der Waals surface area contributed by atoms with Crippen LogP contribution in [0.5, 0.6) is 0 Å². The molecule has 1 saturated heterocycles.